The standard InChI is InChI=1S/C22H22Cl2N4O3S/c1-4-28-12(2)17(20(29)31-3)18(27-22(28)32)13-8-10-14(11-9-13)25-21(30)26-19-15(23)6-5-7-16(19)24/h5-11,18H,4H2,1-3H3,(H,27,32)(H2,25,26,30). The number of urea groups is 1. The second kappa shape index (κ2) is 10.2. The number of methoxy groups -OCH3 is 1. The number of ether oxygens (including phenoxy) is 1. The number of amides is 2. The molecule has 1 heterocycles. The Morgan fingerprint density at radius 2 is 1.75 bits per heavy atom. The molecular formula is C22H22Cl2N4O3S. The number of hydrogen-bond acceptors (Lipinski definition) is 4. The Balaban J connectivity index is 1.80. The Kier molecular flexibility index (Phi) is 7.60. The third kappa shape index (κ3) is 4.98. The van der Waals surface area contributed by atoms with Crippen molar-refractivity contribution in [2.24, 2.45) is 0 Å². The van der Waals surface area contributed by atoms with Crippen LogP contribution in [0.3, 0.4) is 0 Å². The number of para-hydroxylation sites is 1. The zero-order valence-corrected chi connectivity index (χ0v) is 20.0. The first-order chi connectivity index (χ1) is 15.3. The predicted octanol–water partition coefficient (Wildman–Crippen LogP) is 5.34. The van der Waals surface area contributed by atoms with E-state index in [9.17, 15) is 9.59 Å². The summed E-state index contributed by atoms with van der Waals surface area (Å²) in [6.07, 6.45) is 0. The Morgan fingerprint density at radius 1 is 1.12 bits per heavy atom. The van der Waals surface area contributed by atoms with E-state index in [4.69, 9.17) is 40.2 Å². The summed E-state index contributed by atoms with van der Waals surface area (Å²) < 4.78 is 5.00. The first-order valence-electron chi connectivity index (χ1n) is 9.75. The Morgan fingerprint density at radius 3 is 2.31 bits per heavy atom. The molecule has 0 aromatic heterocycles. The van der Waals surface area contributed by atoms with Crippen LogP contribution in [0, 0.1) is 0 Å². The van der Waals surface area contributed by atoms with Gasteiger partial charge < -0.3 is 25.6 Å². The molecule has 0 saturated carbocycles. The maximum Gasteiger partial charge on any atom is 0.337 e. The fraction of sp³-hybridized carbons (Fsp3) is 0.227. The summed E-state index contributed by atoms with van der Waals surface area (Å²) in [6, 6.07) is 11.1. The number of nitrogens with zero attached hydrogens (tertiary/aromatic N) is 1. The van der Waals surface area contributed by atoms with Crippen molar-refractivity contribution in [3.63, 3.8) is 0 Å². The van der Waals surface area contributed by atoms with E-state index in [0.29, 0.717) is 38.7 Å². The number of carbonyl (C=O) groups excluding carboxylic acids is 2. The molecule has 10 heteroatoms. The Bertz CT molecular complexity index is 1070. The molecule has 2 aromatic rings. The monoisotopic (exact) mass is 492 g/mol. The molecule has 0 radical (unpaired) electrons. The van der Waals surface area contributed by atoms with Crippen LogP contribution in [-0.4, -0.2) is 35.7 Å². The highest BCUT2D eigenvalue weighted by Gasteiger charge is 2.33. The van der Waals surface area contributed by atoms with Crippen LogP contribution in [0.25, 0.3) is 0 Å². The third-order valence-electron chi connectivity index (χ3n) is 5.02. The average Bonchev–Trinajstić information content (AvgIpc) is 2.76. The lowest BCUT2D eigenvalue weighted by Gasteiger charge is -2.36. The summed E-state index contributed by atoms with van der Waals surface area (Å²) in [5.74, 6) is -0.431. The van der Waals surface area contributed by atoms with Crippen LogP contribution in [-0.2, 0) is 9.53 Å². The van der Waals surface area contributed by atoms with Gasteiger partial charge in [-0.05, 0) is 55.9 Å². The van der Waals surface area contributed by atoms with Gasteiger partial charge in [-0.25, -0.2) is 9.59 Å². The van der Waals surface area contributed by atoms with Gasteiger partial charge in [0.25, 0.3) is 0 Å². The SMILES string of the molecule is CCN1C(=S)NC(c2ccc(NC(=O)Nc3c(Cl)cccc3Cl)cc2)C(C(=O)OC)=C1C. The maximum absolute atomic E-state index is 12.5. The van der Waals surface area contributed by atoms with Gasteiger partial charge in [-0.15, -0.1) is 0 Å². The number of hydrogen-bond donors (Lipinski definition) is 3. The first kappa shape index (κ1) is 23.8. The topological polar surface area (TPSA) is 82.7 Å². The number of carbonyl (C=O) groups is 2. The van der Waals surface area contributed by atoms with Crippen molar-refractivity contribution in [3.05, 3.63) is 69.3 Å². The molecular weight excluding hydrogens is 471 g/mol. The van der Waals surface area contributed by atoms with Gasteiger partial charge in [-0.1, -0.05) is 41.4 Å². The Hall–Kier alpha value is -2.81. The number of thiocarbonyl (C=S) groups is 1. The van der Waals surface area contributed by atoms with E-state index in [1.165, 1.54) is 7.11 Å². The molecule has 1 aliphatic rings. The molecule has 7 nitrogen and oxygen atoms in total. The lowest BCUT2D eigenvalue weighted by atomic mass is 9.95. The van der Waals surface area contributed by atoms with Crippen LogP contribution >= 0.6 is 35.4 Å². The van der Waals surface area contributed by atoms with E-state index in [-0.39, 0.29) is 0 Å². The summed E-state index contributed by atoms with van der Waals surface area (Å²) in [5, 5.41) is 9.77. The second-order valence-corrected chi connectivity index (χ2v) is 8.12. The predicted molar refractivity (Wildman–Crippen MR) is 131 cm³/mol. The smallest absolute Gasteiger partial charge is 0.337 e. The van der Waals surface area contributed by atoms with E-state index in [2.05, 4.69) is 16.0 Å². The van der Waals surface area contributed by atoms with Gasteiger partial charge in [0, 0.05) is 17.9 Å². The normalized spacial score (nSPS) is 15.8. The van der Waals surface area contributed by atoms with Crippen molar-refractivity contribution in [2.75, 3.05) is 24.3 Å². The van der Waals surface area contributed by atoms with Gasteiger partial charge >= 0.3 is 12.0 Å². The van der Waals surface area contributed by atoms with Crippen molar-refractivity contribution >= 4 is 63.9 Å². The van der Waals surface area contributed by atoms with Crippen molar-refractivity contribution in [1.82, 2.24) is 10.2 Å². The summed E-state index contributed by atoms with van der Waals surface area (Å²) in [5.41, 5.74) is 2.89. The number of esters is 1. The number of allylic oxidation sites excluding steroid dienone is 1. The highest BCUT2D eigenvalue weighted by molar-refractivity contribution is 7.80. The third-order valence-corrected chi connectivity index (χ3v) is 5.99. The molecule has 0 saturated heterocycles. The molecule has 32 heavy (non-hydrogen) atoms. The summed E-state index contributed by atoms with van der Waals surface area (Å²) in [6.45, 7) is 4.42. The van der Waals surface area contributed by atoms with Crippen LogP contribution in [0.15, 0.2) is 53.7 Å². The quantitative estimate of drug-likeness (QED) is 0.386. The van der Waals surface area contributed by atoms with E-state index >= 15 is 0 Å². The van der Waals surface area contributed by atoms with Crippen molar-refractivity contribution in [1.29, 1.82) is 0 Å². The average molecular weight is 493 g/mol. The zero-order chi connectivity index (χ0) is 23.4. The van der Waals surface area contributed by atoms with Crippen LogP contribution in [0.4, 0.5) is 16.2 Å². The van der Waals surface area contributed by atoms with Crippen LogP contribution in [0.5, 0.6) is 0 Å². The minimum Gasteiger partial charge on any atom is -0.466 e. The molecule has 0 fully saturated rings. The largest absolute Gasteiger partial charge is 0.466 e. The number of halogens is 2. The lowest BCUT2D eigenvalue weighted by molar-refractivity contribution is -0.136. The Labute approximate surface area is 201 Å². The van der Waals surface area contributed by atoms with Gasteiger partial charge in [0.05, 0.1) is 34.5 Å². The van der Waals surface area contributed by atoms with Crippen LogP contribution < -0.4 is 16.0 Å². The van der Waals surface area contributed by atoms with Gasteiger partial charge in [0.15, 0.2) is 5.11 Å². The summed E-state index contributed by atoms with van der Waals surface area (Å²) in [4.78, 5) is 26.7. The summed E-state index contributed by atoms with van der Waals surface area (Å²) >= 11 is 17.6. The number of nitrogens with one attached hydrogen (secondary N) is 3. The van der Waals surface area contributed by atoms with Crippen LogP contribution in [0.1, 0.15) is 25.5 Å². The molecule has 0 bridgehead atoms. The molecule has 1 atom stereocenters. The lowest BCUT2D eigenvalue weighted by Crippen LogP contribution is -2.47. The second-order valence-electron chi connectivity index (χ2n) is 6.92. The van der Waals surface area contributed by atoms with Crippen molar-refractivity contribution < 1.29 is 14.3 Å². The molecule has 2 aromatic carbocycles. The minimum atomic E-state index is -0.491. The van der Waals surface area contributed by atoms with Crippen molar-refractivity contribution in [2.45, 2.75) is 19.9 Å². The fourth-order valence-corrected chi connectivity index (χ4v) is 4.31. The highest BCUT2D eigenvalue weighted by Crippen LogP contribution is 2.32. The maximum atomic E-state index is 12.5. The molecule has 168 valence electrons. The summed E-state index contributed by atoms with van der Waals surface area (Å²) in [7, 11) is 1.35. The number of anilines is 2. The molecule has 1 unspecified atom stereocenters. The molecule has 3 rings (SSSR count). The zero-order valence-electron chi connectivity index (χ0n) is 17.7. The van der Waals surface area contributed by atoms with E-state index < -0.39 is 18.0 Å². The van der Waals surface area contributed by atoms with Crippen LogP contribution in [0.2, 0.25) is 10.0 Å². The molecule has 0 spiro atoms. The fourth-order valence-electron chi connectivity index (χ4n) is 3.44. The minimum absolute atomic E-state index is 0.327. The molecule has 0 aliphatic carbocycles. The van der Waals surface area contributed by atoms with Gasteiger partial charge in [0.2, 0.25) is 0 Å². The van der Waals surface area contributed by atoms with Gasteiger partial charge in [0.1, 0.15) is 0 Å². The number of benzene rings is 2. The first-order valence-corrected chi connectivity index (χ1v) is 10.9. The van der Waals surface area contributed by atoms with Gasteiger partial charge in [-0.2, -0.15) is 0 Å². The highest BCUT2D eigenvalue weighted by atomic mass is 35.5. The molecule has 1 aliphatic heterocycles. The van der Waals surface area contributed by atoms with E-state index in [0.717, 1.165) is 11.3 Å². The van der Waals surface area contributed by atoms with E-state index in [1.54, 1.807) is 42.5 Å². The van der Waals surface area contributed by atoms with Crippen molar-refractivity contribution in [3.8, 4) is 0 Å². The molecule has 3 N–H and O–H groups in total. The van der Waals surface area contributed by atoms with E-state index in [1.807, 2.05) is 18.7 Å². The number of rotatable bonds is 5. The molecule has 2 amide bonds. The van der Waals surface area contributed by atoms with Gasteiger partial charge in [-0.3, -0.25) is 0 Å².